The molecule has 0 radical (unpaired) electrons. The summed E-state index contributed by atoms with van der Waals surface area (Å²) in [5.41, 5.74) is 1.94. The number of ether oxygens (including phenoxy) is 1. The molecule has 2 aromatic rings. The molecule has 2 aromatic carbocycles. The number of anilines is 1. The molecule has 124 valence electrons. The summed E-state index contributed by atoms with van der Waals surface area (Å²) in [4.78, 5) is 0. The van der Waals surface area contributed by atoms with Crippen molar-refractivity contribution in [3.63, 3.8) is 0 Å². The molecule has 1 atom stereocenters. The van der Waals surface area contributed by atoms with E-state index < -0.39 is 16.1 Å². The van der Waals surface area contributed by atoms with Crippen molar-refractivity contribution >= 4 is 38.3 Å². The Morgan fingerprint density at radius 1 is 1.22 bits per heavy atom. The van der Waals surface area contributed by atoms with Gasteiger partial charge in [-0.3, -0.25) is 4.72 Å². The van der Waals surface area contributed by atoms with E-state index >= 15 is 0 Å². The van der Waals surface area contributed by atoms with Gasteiger partial charge in [0, 0.05) is 4.43 Å². The first-order valence-electron chi connectivity index (χ1n) is 6.91. The number of halogens is 1. The van der Waals surface area contributed by atoms with Crippen LogP contribution in [0.5, 0.6) is 5.75 Å². The van der Waals surface area contributed by atoms with Crippen LogP contribution >= 0.6 is 22.6 Å². The van der Waals surface area contributed by atoms with E-state index in [2.05, 4.69) is 27.3 Å². The topological polar surface area (TPSA) is 75.6 Å². The second kappa shape index (κ2) is 7.98. The van der Waals surface area contributed by atoms with E-state index in [1.807, 2.05) is 30.3 Å². The molecule has 2 N–H and O–H groups in total. The average molecular weight is 447 g/mol. The van der Waals surface area contributed by atoms with E-state index in [0.29, 0.717) is 28.0 Å². The number of rotatable bonds is 7. The van der Waals surface area contributed by atoms with Gasteiger partial charge in [-0.1, -0.05) is 59.0 Å². The predicted molar refractivity (Wildman–Crippen MR) is 99.5 cm³/mol. The van der Waals surface area contributed by atoms with Gasteiger partial charge >= 0.3 is 0 Å². The van der Waals surface area contributed by atoms with Crippen molar-refractivity contribution in [3.8, 4) is 5.75 Å². The fourth-order valence-electron chi connectivity index (χ4n) is 1.98. The number of aliphatic hydroxyl groups is 1. The lowest BCUT2D eigenvalue weighted by molar-refractivity contribution is 0.207. The van der Waals surface area contributed by atoms with Gasteiger partial charge in [-0.2, -0.15) is 0 Å². The van der Waals surface area contributed by atoms with Gasteiger partial charge in [0.15, 0.2) is 0 Å². The summed E-state index contributed by atoms with van der Waals surface area (Å²) < 4.78 is 31.8. The molecule has 0 saturated heterocycles. The summed E-state index contributed by atoms with van der Waals surface area (Å²) >= 11 is 2.07. The maximum Gasteiger partial charge on any atom is 0.229 e. The molecule has 0 aliphatic rings. The number of alkyl halides is 1. The molecule has 0 spiro atoms. The maximum atomic E-state index is 11.5. The van der Waals surface area contributed by atoms with Crippen LogP contribution < -0.4 is 9.46 Å². The second-order valence-electron chi connectivity index (χ2n) is 5.07. The summed E-state index contributed by atoms with van der Waals surface area (Å²) in [5, 5.41) is 9.93. The lowest BCUT2D eigenvalue weighted by atomic mass is 10.1. The molecule has 1 unspecified atom stereocenters. The zero-order valence-electron chi connectivity index (χ0n) is 12.6. The van der Waals surface area contributed by atoms with Crippen molar-refractivity contribution in [2.24, 2.45) is 0 Å². The summed E-state index contributed by atoms with van der Waals surface area (Å²) in [5.74, 6) is 0.420. The van der Waals surface area contributed by atoms with Crippen molar-refractivity contribution in [3.05, 3.63) is 59.7 Å². The highest BCUT2D eigenvalue weighted by atomic mass is 127. The Balaban J connectivity index is 2.26. The largest absolute Gasteiger partial charge is 0.487 e. The van der Waals surface area contributed by atoms with Crippen LogP contribution in [0.2, 0.25) is 0 Å². The Labute approximate surface area is 149 Å². The van der Waals surface area contributed by atoms with Gasteiger partial charge in [-0.15, -0.1) is 0 Å². The molecule has 23 heavy (non-hydrogen) atoms. The third kappa shape index (κ3) is 5.67. The van der Waals surface area contributed by atoms with E-state index in [1.54, 1.807) is 18.2 Å². The van der Waals surface area contributed by atoms with Crippen LogP contribution in [-0.4, -0.2) is 24.2 Å². The molecule has 5 nitrogen and oxygen atoms in total. The average Bonchev–Trinajstić information content (AvgIpc) is 2.52. The number of hydrogen-bond acceptors (Lipinski definition) is 4. The standard InChI is InChI=1S/C16H18INO4S/c1-23(20,21)18-14-9-13(15(19)10-17)7-8-16(14)22-11-12-5-3-2-4-6-12/h2-9,15,18-19H,10-11H2,1H3. The first-order chi connectivity index (χ1) is 10.9. The number of hydrogen-bond donors (Lipinski definition) is 2. The fourth-order valence-corrected chi connectivity index (χ4v) is 3.05. The molecule has 0 aliphatic heterocycles. The smallest absolute Gasteiger partial charge is 0.229 e. The molecular weight excluding hydrogens is 429 g/mol. The number of benzene rings is 2. The molecule has 0 aromatic heterocycles. The molecule has 7 heteroatoms. The molecule has 0 bridgehead atoms. The zero-order valence-corrected chi connectivity index (χ0v) is 15.5. The Morgan fingerprint density at radius 2 is 1.91 bits per heavy atom. The fraction of sp³-hybridized carbons (Fsp3) is 0.250. The third-order valence-corrected chi connectivity index (χ3v) is 4.49. The number of nitrogens with one attached hydrogen (secondary N) is 1. The van der Waals surface area contributed by atoms with Gasteiger partial charge in [-0.25, -0.2) is 8.42 Å². The van der Waals surface area contributed by atoms with E-state index in [1.165, 1.54) is 0 Å². The molecule has 0 aliphatic carbocycles. The lowest BCUT2D eigenvalue weighted by Crippen LogP contribution is -2.12. The maximum absolute atomic E-state index is 11.5. The van der Waals surface area contributed by atoms with Gasteiger partial charge in [0.05, 0.1) is 18.0 Å². The summed E-state index contributed by atoms with van der Waals surface area (Å²) in [6.07, 6.45) is 0.425. The van der Waals surface area contributed by atoms with Gasteiger partial charge in [0.2, 0.25) is 10.0 Å². The summed E-state index contributed by atoms with van der Waals surface area (Å²) in [6, 6.07) is 14.6. The first kappa shape index (κ1) is 18.0. The Bertz CT molecular complexity index is 750. The zero-order chi connectivity index (χ0) is 16.9. The van der Waals surface area contributed by atoms with E-state index in [9.17, 15) is 13.5 Å². The van der Waals surface area contributed by atoms with Gasteiger partial charge in [0.1, 0.15) is 12.4 Å². The Morgan fingerprint density at radius 3 is 2.52 bits per heavy atom. The minimum Gasteiger partial charge on any atom is -0.487 e. The summed E-state index contributed by atoms with van der Waals surface area (Å²) in [7, 11) is -3.45. The predicted octanol–water partition coefficient (Wildman–Crippen LogP) is 3.11. The highest BCUT2D eigenvalue weighted by Gasteiger charge is 2.13. The molecule has 0 heterocycles. The third-order valence-electron chi connectivity index (χ3n) is 3.07. The van der Waals surface area contributed by atoms with Crippen LogP contribution in [0.25, 0.3) is 0 Å². The molecule has 2 rings (SSSR count). The van der Waals surface area contributed by atoms with Gasteiger partial charge in [-0.05, 0) is 23.3 Å². The minimum atomic E-state index is -3.45. The van der Waals surface area contributed by atoms with Crippen LogP contribution in [-0.2, 0) is 16.6 Å². The van der Waals surface area contributed by atoms with Crippen molar-refractivity contribution < 1.29 is 18.3 Å². The van der Waals surface area contributed by atoms with E-state index in [-0.39, 0.29) is 0 Å². The summed E-state index contributed by atoms with van der Waals surface area (Å²) in [6.45, 7) is 0.327. The van der Waals surface area contributed by atoms with E-state index in [0.717, 1.165) is 11.8 Å². The van der Waals surface area contributed by atoms with E-state index in [4.69, 9.17) is 4.74 Å². The highest BCUT2D eigenvalue weighted by Crippen LogP contribution is 2.30. The van der Waals surface area contributed by atoms with Crippen LogP contribution in [0.1, 0.15) is 17.2 Å². The molecule has 0 amide bonds. The SMILES string of the molecule is CS(=O)(=O)Nc1cc(C(O)CI)ccc1OCc1ccccc1. The highest BCUT2D eigenvalue weighted by molar-refractivity contribution is 14.1. The molecule has 0 fully saturated rings. The number of aliphatic hydroxyl groups excluding tert-OH is 1. The van der Waals surface area contributed by atoms with Crippen LogP contribution in [0.4, 0.5) is 5.69 Å². The normalized spacial score (nSPS) is 12.7. The van der Waals surface area contributed by atoms with Crippen LogP contribution in [0.15, 0.2) is 48.5 Å². The Hall–Kier alpha value is -1.32. The quantitative estimate of drug-likeness (QED) is 0.506. The molecular formula is C16H18INO4S. The van der Waals surface area contributed by atoms with Gasteiger partial charge in [0.25, 0.3) is 0 Å². The second-order valence-corrected chi connectivity index (χ2v) is 7.70. The molecule has 0 saturated carbocycles. The van der Waals surface area contributed by atoms with Crippen molar-refractivity contribution in [1.29, 1.82) is 0 Å². The van der Waals surface area contributed by atoms with Crippen LogP contribution in [0, 0.1) is 0 Å². The monoisotopic (exact) mass is 447 g/mol. The first-order valence-corrected chi connectivity index (χ1v) is 10.3. The van der Waals surface area contributed by atoms with Gasteiger partial charge < -0.3 is 9.84 Å². The Kier molecular flexibility index (Phi) is 6.25. The van der Waals surface area contributed by atoms with Crippen LogP contribution in [0.3, 0.4) is 0 Å². The number of sulfonamides is 1. The van der Waals surface area contributed by atoms with Crippen molar-refractivity contribution in [1.82, 2.24) is 0 Å². The minimum absolute atomic E-state index is 0.324. The van der Waals surface area contributed by atoms with Crippen molar-refractivity contribution in [2.75, 3.05) is 15.4 Å². The van der Waals surface area contributed by atoms with Crippen molar-refractivity contribution in [2.45, 2.75) is 12.7 Å². The lowest BCUT2D eigenvalue weighted by Gasteiger charge is -2.15.